The molecule has 146 valence electrons. The number of nitro benzene ring substituents is 1. The van der Waals surface area contributed by atoms with Crippen LogP contribution in [0.3, 0.4) is 0 Å². The minimum absolute atomic E-state index is 0.103. The number of piperidine rings is 1. The fraction of sp³-hybridized carbons (Fsp3) is 0.579. The number of rotatable bonds is 4. The van der Waals surface area contributed by atoms with Gasteiger partial charge in [-0.1, -0.05) is 13.8 Å². The molecule has 2 fully saturated rings. The van der Waals surface area contributed by atoms with Crippen molar-refractivity contribution >= 4 is 23.3 Å². The summed E-state index contributed by atoms with van der Waals surface area (Å²) in [6.45, 7) is 6.10. The van der Waals surface area contributed by atoms with Crippen molar-refractivity contribution in [1.82, 2.24) is 4.90 Å². The van der Waals surface area contributed by atoms with Gasteiger partial charge in [0, 0.05) is 31.3 Å². The van der Waals surface area contributed by atoms with Crippen molar-refractivity contribution in [3.05, 3.63) is 33.9 Å². The molecule has 3 atom stereocenters. The summed E-state index contributed by atoms with van der Waals surface area (Å²) in [5.41, 5.74) is 0.580. The van der Waals surface area contributed by atoms with Crippen LogP contribution in [-0.2, 0) is 4.79 Å². The molecule has 3 rings (SSSR count). The van der Waals surface area contributed by atoms with E-state index in [-0.39, 0.29) is 11.3 Å². The SMILES string of the molecule is CC1CC(C)CN(c2ccc(C(=O)N3CCC[C@@H]3C(=O)O)cc2[N+](=O)[O-])C1. The predicted octanol–water partition coefficient (Wildman–Crippen LogP) is 2.77. The van der Waals surface area contributed by atoms with Gasteiger partial charge in [0.05, 0.1) is 4.92 Å². The van der Waals surface area contributed by atoms with Gasteiger partial charge in [0.1, 0.15) is 11.7 Å². The molecule has 2 saturated heterocycles. The topological polar surface area (TPSA) is 104 Å². The highest BCUT2D eigenvalue weighted by molar-refractivity contribution is 5.98. The van der Waals surface area contributed by atoms with Crippen molar-refractivity contribution in [3.8, 4) is 0 Å². The van der Waals surface area contributed by atoms with Crippen molar-refractivity contribution in [2.45, 2.75) is 39.2 Å². The summed E-state index contributed by atoms with van der Waals surface area (Å²) in [5.74, 6) is -0.621. The van der Waals surface area contributed by atoms with Gasteiger partial charge in [-0.2, -0.15) is 0 Å². The Kier molecular flexibility index (Phi) is 5.34. The molecule has 0 spiro atoms. The minimum atomic E-state index is -1.04. The highest BCUT2D eigenvalue weighted by Gasteiger charge is 2.35. The Morgan fingerprint density at radius 2 is 1.89 bits per heavy atom. The van der Waals surface area contributed by atoms with Crippen LogP contribution in [-0.4, -0.2) is 52.5 Å². The number of hydrogen-bond donors (Lipinski definition) is 1. The molecule has 2 unspecified atom stereocenters. The molecule has 2 aliphatic heterocycles. The Bertz CT molecular complexity index is 756. The summed E-state index contributed by atoms with van der Waals surface area (Å²) in [4.78, 5) is 38.6. The second-order valence-electron chi connectivity index (χ2n) is 7.81. The van der Waals surface area contributed by atoms with Crippen molar-refractivity contribution in [2.75, 3.05) is 24.5 Å². The van der Waals surface area contributed by atoms with Crippen LogP contribution >= 0.6 is 0 Å². The number of likely N-dealkylation sites (tertiary alicyclic amines) is 1. The number of anilines is 1. The lowest BCUT2D eigenvalue weighted by Crippen LogP contribution is -2.40. The summed E-state index contributed by atoms with van der Waals surface area (Å²) >= 11 is 0. The molecule has 0 aliphatic carbocycles. The van der Waals surface area contributed by atoms with E-state index in [1.807, 2.05) is 4.90 Å². The quantitative estimate of drug-likeness (QED) is 0.641. The fourth-order valence-electron chi connectivity index (χ4n) is 4.36. The number of nitro groups is 1. The molecule has 0 aromatic heterocycles. The number of carboxylic acid groups (broad SMARTS) is 1. The first-order valence-electron chi connectivity index (χ1n) is 9.35. The number of benzene rings is 1. The summed E-state index contributed by atoms with van der Waals surface area (Å²) in [5, 5.41) is 20.9. The maximum absolute atomic E-state index is 12.8. The van der Waals surface area contributed by atoms with Crippen molar-refractivity contribution < 1.29 is 19.6 Å². The lowest BCUT2D eigenvalue weighted by molar-refractivity contribution is -0.384. The lowest BCUT2D eigenvalue weighted by Gasteiger charge is -2.36. The van der Waals surface area contributed by atoms with Gasteiger partial charge in [-0.3, -0.25) is 14.9 Å². The molecule has 1 aromatic carbocycles. The lowest BCUT2D eigenvalue weighted by atomic mass is 9.91. The van der Waals surface area contributed by atoms with Crippen molar-refractivity contribution in [1.29, 1.82) is 0 Å². The Morgan fingerprint density at radius 1 is 1.22 bits per heavy atom. The zero-order valence-electron chi connectivity index (χ0n) is 15.6. The largest absolute Gasteiger partial charge is 0.480 e. The maximum atomic E-state index is 12.8. The first-order valence-corrected chi connectivity index (χ1v) is 9.35. The van der Waals surface area contributed by atoms with Crippen LogP contribution in [0.25, 0.3) is 0 Å². The van der Waals surface area contributed by atoms with Crippen LogP contribution < -0.4 is 4.90 Å². The average Bonchev–Trinajstić information content (AvgIpc) is 3.09. The molecule has 0 bridgehead atoms. The van der Waals surface area contributed by atoms with E-state index in [0.29, 0.717) is 36.9 Å². The van der Waals surface area contributed by atoms with Crippen LogP contribution in [0, 0.1) is 22.0 Å². The Labute approximate surface area is 157 Å². The van der Waals surface area contributed by atoms with Crippen LogP contribution in [0.15, 0.2) is 18.2 Å². The van der Waals surface area contributed by atoms with Gasteiger partial charge in [-0.15, -0.1) is 0 Å². The smallest absolute Gasteiger partial charge is 0.326 e. The third-order valence-corrected chi connectivity index (χ3v) is 5.43. The van der Waals surface area contributed by atoms with Gasteiger partial charge in [0.2, 0.25) is 0 Å². The zero-order valence-corrected chi connectivity index (χ0v) is 15.6. The van der Waals surface area contributed by atoms with Gasteiger partial charge < -0.3 is 14.9 Å². The summed E-state index contributed by atoms with van der Waals surface area (Å²) < 4.78 is 0. The molecule has 0 radical (unpaired) electrons. The number of carbonyl (C=O) groups is 2. The molecule has 1 N–H and O–H groups in total. The molecule has 2 aliphatic rings. The number of aliphatic carboxylic acids is 1. The molecule has 1 amide bonds. The van der Waals surface area contributed by atoms with E-state index in [4.69, 9.17) is 0 Å². The summed E-state index contributed by atoms with van der Waals surface area (Å²) in [7, 11) is 0. The fourth-order valence-corrected chi connectivity index (χ4v) is 4.36. The van der Waals surface area contributed by atoms with E-state index in [0.717, 1.165) is 19.5 Å². The van der Waals surface area contributed by atoms with Crippen LogP contribution in [0.5, 0.6) is 0 Å². The minimum Gasteiger partial charge on any atom is -0.480 e. The number of hydrogen-bond acceptors (Lipinski definition) is 5. The van der Waals surface area contributed by atoms with E-state index in [9.17, 15) is 24.8 Å². The highest BCUT2D eigenvalue weighted by atomic mass is 16.6. The van der Waals surface area contributed by atoms with Gasteiger partial charge in [-0.05, 0) is 43.2 Å². The van der Waals surface area contributed by atoms with Gasteiger partial charge in [0.25, 0.3) is 11.6 Å². The summed E-state index contributed by atoms with van der Waals surface area (Å²) in [6, 6.07) is 3.63. The maximum Gasteiger partial charge on any atom is 0.326 e. The number of carboxylic acids is 1. The van der Waals surface area contributed by atoms with Gasteiger partial charge in [0.15, 0.2) is 0 Å². The number of amides is 1. The first kappa shape index (κ1) is 19.1. The zero-order chi connectivity index (χ0) is 19.7. The molecule has 0 saturated carbocycles. The van der Waals surface area contributed by atoms with Gasteiger partial charge >= 0.3 is 5.97 Å². The average molecular weight is 375 g/mol. The standard InChI is InChI=1S/C19H25N3O5/c1-12-8-13(2)11-20(10-12)15-6-5-14(9-17(15)22(26)27)18(23)21-7-3-4-16(21)19(24)25/h5-6,9,12-13,16H,3-4,7-8,10-11H2,1-2H3,(H,24,25)/t12?,13?,16-/m1/s1. The molecule has 8 nitrogen and oxygen atoms in total. The van der Waals surface area contributed by atoms with Crippen molar-refractivity contribution in [2.24, 2.45) is 11.8 Å². The normalized spacial score (nSPS) is 25.5. The Hall–Kier alpha value is -2.64. The van der Waals surface area contributed by atoms with E-state index in [2.05, 4.69) is 13.8 Å². The van der Waals surface area contributed by atoms with Crippen LogP contribution in [0.4, 0.5) is 11.4 Å². The van der Waals surface area contributed by atoms with E-state index < -0.39 is 22.8 Å². The van der Waals surface area contributed by atoms with E-state index in [1.54, 1.807) is 12.1 Å². The van der Waals surface area contributed by atoms with Crippen LogP contribution in [0.1, 0.15) is 43.5 Å². The second kappa shape index (κ2) is 7.54. The second-order valence-corrected chi connectivity index (χ2v) is 7.81. The third kappa shape index (κ3) is 3.89. The monoisotopic (exact) mass is 375 g/mol. The van der Waals surface area contributed by atoms with Crippen LogP contribution in [0.2, 0.25) is 0 Å². The Morgan fingerprint density at radius 3 is 2.48 bits per heavy atom. The predicted molar refractivity (Wildman–Crippen MR) is 99.9 cm³/mol. The molecular formula is C19H25N3O5. The molecule has 1 aromatic rings. The number of carbonyl (C=O) groups excluding carboxylic acids is 1. The molecule has 2 heterocycles. The Balaban J connectivity index is 1.91. The molecular weight excluding hydrogens is 350 g/mol. The van der Waals surface area contributed by atoms with E-state index in [1.165, 1.54) is 11.0 Å². The molecule has 27 heavy (non-hydrogen) atoms. The molecule has 8 heteroatoms. The van der Waals surface area contributed by atoms with E-state index >= 15 is 0 Å². The third-order valence-electron chi connectivity index (χ3n) is 5.43. The highest BCUT2D eigenvalue weighted by Crippen LogP contribution is 2.34. The van der Waals surface area contributed by atoms with Gasteiger partial charge in [-0.25, -0.2) is 4.79 Å². The number of nitrogens with zero attached hydrogens (tertiary/aromatic N) is 3. The first-order chi connectivity index (χ1) is 12.8. The van der Waals surface area contributed by atoms with Crippen molar-refractivity contribution in [3.63, 3.8) is 0 Å². The summed E-state index contributed by atoms with van der Waals surface area (Å²) in [6.07, 6.45) is 2.11.